The van der Waals surface area contributed by atoms with Gasteiger partial charge in [0.05, 0.1) is 5.69 Å². The number of nitrogens with zero attached hydrogens (tertiary/aromatic N) is 2. The van der Waals surface area contributed by atoms with Gasteiger partial charge in [0.2, 0.25) is 0 Å². The minimum absolute atomic E-state index is 0.177. The van der Waals surface area contributed by atoms with Gasteiger partial charge in [-0.15, -0.1) is 0 Å². The lowest BCUT2D eigenvalue weighted by Crippen LogP contribution is -2.16. The Morgan fingerprint density at radius 2 is 1.94 bits per heavy atom. The molecular weight excluding hydrogens is 225 g/mol. The second-order valence-corrected chi connectivity index (χ2v) is 3.25. The molecule has 1 rings (SSSR count). The lowest BCUT2D eigenvalue weighted by Gasteiger charge is -2.10. The third-order valence-corrected chi connectivity index (χ3v) is 2.12. The fraction of sp³-hybridized carbons (Fsp3) is 0.667. The van der Waals surface area contributed by atoms with Crippen LogP contribution in [0.2, 0.25) is 0 Å². The Morgan fingerprint density at radius 3 is 2.31 bits per heavy atom. The number of alkyl halides is 3. The highest BCUT2D eigenvalue weighted by Crippen LogP contribution is 2.29. The van der Waals surface area contributed by atoms with E-state index in [0.29, 0.717) is 0 Å². The molecule has 0 aliphatic heterocycles. The van der Waals surface area contributed by atoms with E-state index in [1.807, 2.05) is 0 Å². The molecule has 0 unspecified atom stereocenters. The first-order valence-corrected chi connectivity index (χ1v) is 4.54. The maximum absolute atomic E-state index is 12.4. The topological polar surface area (TPSA) is 36.3 Å². The van der Waals surface area contributed by atoms with Gasteiger partial charge in [-0.1, -0.05) is 0 Å². The van der Waals surface area contributed by atoms with E-state index >= 15 is 0 Å². The van der Waals surface area contributed by atoms with Crippen molar-refractivity contribution in [2.45, 2.75) is 18.9 Å². The summed E-state index contributed by atoms with van der Waals surface area (Å²) in [4.78, 5) is 0. The summed E-state index contributed by atoms with van der Waals surface area (Å²) in [5.74, 6) is 0. The summed E-state index contributed by atoms with van der Waals surface area (Å²) >= 11 is 0. The fourth-order valence-electron chi connectivity index (χ4n) is 1.33. The molecule has 92 valence electrons. The van der Waals surface area contributed by atoms with Crippen LogP contribution in [0.4, 0.5) is 13.2 Å². The Morgan fingerprint density at radius 1 is 1.38 bits per heavy atom. The summed E-state index contributed by atoms with van der Waals surface area (Å²) in [5.41, 5.74) is -0.503. The van der Waals surface area contributed by atoms with Crippen LogP contribution < -0.4 is 0 Å². The van der Waals surface area contributed by atoms with Crippen LogP contribution in [0.1, 0.15) is 11.4 Å². The Labute approximate surface area is 91.0 Å². The SMILES string of the molecule is COC(Cc1cc(C(F)(F)F)n(C)n1)OC. The molecule has 0 aliphatic rings. The van der Waals surface area contributed by atoms with Gasteiger partial charge >= 0.3 is 6.18 Å². The molecule has 7 heteroatoms. The molecule has 0 radical (unpaired) electrons. The van der Waals surface area contributed by atoms with Crippen molar-refractivity contribution in [1.29, 1.82) is 0 Å². The fourth-order valence-corrected chi connectivity index (χ4v) is 1.33. The summed E-state index contributed by atoms with van der Waals surface area (Å²) in [6.45, 7) is 0. The molecule has 0 saturated carbocycles. The summed E-state index contributed by atoms with van der Waals surface area (Å²) in [5, 5.41) is 3.75. The number of hydrogen-bond donors (Lipinski definition) is 0. The number of ether oxygens (including phenoxy) is 2. The van der Waals surface area contributed by atoms with Crippen LogP contribution in [-0.4, -0.2) is 30.3 Å². The third-order valence-electron chi connectivity index (χ3n) is 2.12. The van der Waals surface area contributed by atoms with Gasteiger partial charge in [-0.2, -0.15) is 18.3 Å². The van der Waals surface area contributed by atoms with Crippen LogP contribution in [0, 0.1) is 0 Å². The molecule has 0 aromatic carbocycles. The minimum Gasteiger partial charge on any atom is -0.356 e. The van der Waals surface area contributed by atoms with Crippen molar-refractivity contribution >= 4 is 0 Å². The van der Waals surface area contributed by atoms with Crippen molar-refractivity contribution in [3.05, 3.63) is 17.5 Å². The van der Waals surface area contributed by atoms with E-state index in [1.165, 1.54) is 21.3 Å². The van der Waals surface area contributed by atoms with Gasteiger partial charge in [0, 0.05) is 27.7 Å². The number of aryl methyl sites for hydroxylation is 1. The standard InChI is InChI=1S/C9H13F3N2O2/c1-14-7(9(10,11)12)4-6(13-14)5-8(15-2)16-3/h4,8H,5H2,1-3H3. The summed E-state index contributed by atoms with van der Waals surface area (Å²) in [6, 6.07) is 0.991. The van der Waals surface area contributed by atoms with Gasteiger partial charge in [-0.25, -0.2) is 0 Å². The monoisotopic (exact) mass is 238 g/mol. The van der Waals surface area contributed by atoms with Gasteiger partial charge in [0.25, 0.3) is 0 Å². The van der Waals surface area contributed by atoms with Crippen LogP contribution in [-0.2, 0) is 29.1 Å². The van der Waals surface area contributed by atoms with Crippen LogP contribution in [0.25, 0.3) is 0 Å². The van der Waals surface area contributed by atoms with Crippen LogP contribution in [0.5, 0.6) is 0 Å². The largest absolute Gasteiger partial charge is 0.433 e. The van der Waals surface area contributed by atoms with E-state index in [2.05, 4.69) is 5.10 Å². The first kappa shape index (κ1) is 13.0. The number of halogens is 3. The average Bonchev–Trinajstić information content (AvgIpc) is 2.55. The summed E-state index contributed by atoms with van der Waals surface area (Å²) in [7, 11) is 4.09. The van der Waals surface area contributed by atoms with Crippen molar-refractivity contribution in [2.24, 2.45) is 7.05 Å². The van der Waals surface area contributed by atoms with Gasteiger partial charge in [0.1, 0.15) is 5.69 Å². The lowest BCUT2D eigenvalue weighted by atomic mass is 10.2. The zero-order valence-electron chi connectivity index (χ0n) is 9.21. The van der Waals surface area contributed by atoms with Crippen molar-refractivity contribution in [3.63, 3.8) is 0 Å². The predicted molar refractivity (Wildman–Crippen MR) is 49.7 cm³/mol. The molecule has 0 N–H and O–H groups in total. The zero-order chi connectivity index (χ0) is 12.3. The average molecular weight is 238 g/mol. The molecule has 16 heavy (non-hydrogen) atoms. The second kappa shape index (κ2) is 4.84. The molecule has 0 aliphatic carbocycles. The van der Waals surface area contributed by atoms with Crippen LogP contribution in [0.3, 0.4) is 0 Å². The molecule has 0 fully saturated rings. The van der Waals surface area contributed by atoms with Gasteiger partial charge < -0.3 is 9.47 Å². The Kier molecular flexibility index (Phi) is 3.93. The number of aromatic nitrogens is 2. The van der Waals surface area contributed by atoms with E-state index in [9.17, 15) is 13.2 Å². The second-order valence-electron chi connectivity index (χ2n) is 3.25. The molecule has 4 nitrogen and oxygen atoms in total. The Hall–Kier alpha value is -1.08. The number of hydrogen-bond acceptors (Lipinski definition) is 3. The zero-order valence-corrected chi connectivity index (χ0v) is 9.21. The highest BCUT2D eigenvalue weighted by Gasteiger charge is 2.35. The Bertz CT molecular complexity index is 345. The first-order valence-electron chi connectivity index (χ1n) is 4.54. The molecule has 1 heterocycles. The van der Waals surface area contributed by atoms with Gasteiger partial charge in [0.15, 0.2) is 6.29 Å². The van der Waals surface area contributed by atoms with Crippen molar-refractivity contribution in [2.75, 3.05) is 14.2 Å². The quantitative estimate of drug-likeness (QED) is 0.747. The molecule has 0 spiro atoms. The molecule has 0 amide bonds. The highest BCUT2D eigenvalue weighted by molar-refractivity contribution is 5.13. The molecule has 0 atom stereocenters. The maximum atomic E-state index is 12.4. The minimum atomic E-state index is -4.39. The first-order chi connectivity index (χ1) is 7.38. The maximum Gasteiger partial charge on any atom is 0.433 e. The normalized spacial score (nSPS) is 12.4. The van der Waals surface area contributed by atoms with E-state index in [4.69, 9.17) is 9.47 Å². The van der Waals surface area contributed by atoms with E-state index in [1.54, 1.807) is 0 Å². The molecule has 0 bridgehead atoms. The van der Waals surface area contributed by atoms with E-state index in [-0.39, 0.29) is 12.1 Å². The van der Waals surface area contributed by atoms with Gasteiger partial charge in [-0.3, -0.25) is 4.68 Å². The molecule has 0 saturated heterocycles. The van der Waals surface area contributed by atoms with E-state index < -0.39 is 18.2 Å². The predicted octanol–water partition coefficient (Wildman–Crippen LogP) is 1.60. The molecule has 1 aromatic rings. The van der Waals surface area contributed by atoms with Crippen LogP contribution >= 0.6 is 0 Å². The van der Waals surface area contributed by atoms with Crippen LogP contribution in [0.15, 0.2) is 6.07 Å². The smallest absolute Gasteiger partial charge is 0.356 e. The van der Waals surface area contributed by atoms with Crippen molar-refractivity contribution < 1.29 is 22.6 Å². The van der Waals surface area contributed by atoms with E-state index in [0.717, 1.165) is 10.7 Å². The van der Waals surface area contributed by atoms with Crippen molar-refractivity contribution in [3.8, 4) is 0 Å². The number of rotatable bonds is 4. The van der Waals surface area contributed by atoms with Gasteiger partial charge in [-0.05, 0) is 6.07 Å². The summed E-state index contributed by atoms with van der Waals surface area (Å²) < 4.78 is 47.9. The highest BCUT2D eigenvalue weighted by atomic mass is 19.4. The number of methoxy groups -OCH3 is 2. The molecular formula is C9H13F3N2O2. The van der Waals surface area contributed by atoms with Crippen molar-refractivity contribution in [1.82, 2.24) is 9.78 Å². The Balaban J connectivity index is 2.85. The molecule has 1 aromatic heterocycles. The third kappa shape index (κ3) is 2.96. The summed E-state index contributed by atoms with van der Waals surface area (Å²) in [6.07, 6.45) is -4.80. The lowest BCUT2D eigenvalue weighted by molar-refractivity contribution is -0.143.